The van der Waals surface area contributed by atoms with Crippen LogP contribution in [0.4, 0.5) is 4.79 Å². The molecule has 0 radical (unpaired) electrons. The minimum Gasteiger partial charge on any atom is -0.480 e. The van der Waals surface area contributed by atoms with Crippen LogP contribution in [0.25, 0.3) is 0 Å². The van der Waals surface area contributed by atoms with Crippen molar-refractivity contribution in [2.24, 2.45) is 5.92 Å². The van der Waals surface area contributed by atoms with E-state index in [4.69, 9.17) is 0 Å². The molecule has 5 nitrogen and oxygen atoms in total. The number of nitrogens with zero attached hydrogens (tertiary/aromatic N) is 1. The van der Waals surface area contributed by atoms with E-state index < -0.39 is 12.0 Å². The van der Waals surface area contributed by atoms with Crippen molar-refractivity contribution in [2.45, 2.75) is 71.4 Å². The van der Waals surface area contributed by atoms with Crippen LogP contribution in [-0.4, -0.2) is 40.6 Å². The number of carbonyl (C=O) groups is 2. The fourth-order valence-electron chi connectivity index (χ4n) is 2.83. The minimum absolute atomic E-state index is 0.212. The summed E-state index contributed by atoms with van der Waals surface area (Å²) in [5.74, 6) is -0.708. The number of carboxylic acid groups (broad SMARTS) is 1. The largest absolute Gasteiger partial charge is 0.480 e. The number of urea groups is 1. The summed E-state index contributed by atoms with van der Waals surface area (Å²) in [5, 5.41) is 11.9. The number of hydrogen-bond acceptors (Lipinski definition) is 2. The van der Waals surface area contributed by atoms with Gasteiger partial charge in [-0.3, -0.25) is 0 Å². The quantitative estimate of drug-likeness (QED) is 0.788. The number of likely N-dealkylation sites (tertiary alicyclic amines) is 1. The predicted molar refractivity (Wildman–Crippen MR) is 78.7 cm³/mol. The third-order valence-electron chi connectivity index (χ3n) is 3.81. The van der Waals surface area contributed by atoms with Gasteiger partial charge in [0.25, 0.3) is 0 Å². The van der Waals surface area contributed by atoms with Crippen molar-refractivity contribution >= 4 is 12.0 Å². The van der Waals surface area contributed by atoms with Gasteiger partial charge in [-0.05, 0) is 38.0 Å². The summed E-state index contributed by atoms with van der Waals surface area (Å²) in [6.45, 7) is 6.78. The van der Waals surface area contributed by atoms with Crippen LogP contribution in [-0.2, 0) is 4.79 Å². The highest BCUT2D eigenvalue weighted by Gasteiger charge is 2.29. The minimum atomic E-state index is -0.948. The van der Waals surface area contributed by atoms with Crippen LogP contribution >= 0.6 is 0 Å². The van der Waals surface area contributed by atoms with E-state index in [2.05, 4.69) is 12.2 Å². The first-order chi connectivity index (χ1) is 9.45. The van der Waals surface area contributed by atoms with Gasteiger partial charge in [-0.25, -0.2) is 9.59 Å². The maximum absolute atomic E-state index is 12.3. The Morgan fingerprint density at radius 1 is 1.35 bits per heavy atom. The van der Waals surface area contributed by atoms with Gasteiger partial charge in [0.1, 0.15) is 6.04 Å². The molecule has 1 aliphatic rings. The number of aliphatic carboxylic acids is 1. The monoisotopic (exact) mass is 284 g/mol. The van der Waals surface area contributed by atoms with Gasteiger partial charge in [-0.2, -0.15) is 0 Å². The summed E-state index contributed by atoms with van der Waals surface area (Å²) in [7, 11) is 0. The van der Waals surface area contributed by atoms with Crippen molar-refractivity contribution in [3.63, 3.8) is 0 Å². The van der Waals surface area contributed by atoms with Crippen LogP contribution in [0.1, 0.15) is 59.3 Å². The van der Waals surface area contributed by atoms with Gasteiger partial charge in [-0.15, -0.1) is 0 Å². The molecule has 0 aromatic rings. The number of carbonyl (C=O) groups excluding carboxylic acids is 1. The second-order valence-corrected chi connectivity index (χ2v) is 6.10. The van der Waals surface area contributed by atoms with E-state index >= 15 is 0 Å². The highest BCUT2D eigenvalue weighted by atomic mass is 16.4. The molecule has 0 aliphatic carbocycles. The Bertz CT molecular complexity index is 329. The standard InChI is InChI=1S/C15H28N2O3/c1-4-7-12-8-5-6-9-17(12)15(20)16-13(14(18)19)10-11(2)3/h11-13H,4-10H2,1-3H3,(H,16,20)(H,18,19)/t12?,13-/m1/s1. The second-order valence-electron chi connectivity index (χ2n) is 6.10. The molecule has 1 aliphatic heterocycles. The molecule has 0 aromatic carbocycles. The predicted octanol–water partition coefficient (Wildman–Crippen LogP) is 2.85. The van der Waals surface area contributed by atoms with Crippen molar-refractivity contribution in [2.75, 3.05) is 6.54 Å². The average molecular weight is 284 g/mol. The normalized spacial score (nSPS) is 20.8. The van der Waals surface area contributed by atoms with Crippen molar-refractivity contribution in [1.29, 1.82) is 0 Å². The van der Waals surface area contributed by atoms with Gasteiger partial charge in [0.05, 0.1) is 0 Å². The molecule has 5 heteroatoms. The average Bonchev–Trinajstić information content (AvgIpc) is 2.38. The topological polar surface area (TPSA) is 69.6 Å². The van der Waals surface area contributed by atoms with E-state index in [-0.39, 0.29) is 18.0 Å². The molecule has 2 amide bonds. The van der Waals surface area contributed by atoms with E-state index in [0.29, 0.717) is 6.42 Å². The SMILES string of the molecule is CCCC1CCCCN1C(=O)N[C@H](CC(C)C)C(=O)O. The lowest BCUT2D eigenvalue weighted by molar-refractivity contribution is -0.139. The molecule has 0 spiro atoms. The van der Waals surface area contributed by atoms with E-state index in [1.807, 2.05) is 18.7 Å². The summed E-state index contributed by atoms with van der Waals surface area (Å²) in [5.41, 5.74) is 0. The molecule has 1 fully saturated rings. The fraction of sp³-hybridized carbons (Fsp3) is 0.867. The lowest BCUT2D eigenvalue weighted by atomic mass is 9.98. The van der Waals surface area contributed by atoms with Gasteiger partial charge < -0.3 is 15.3 Å². The number of piperidine rings is 1. The number of carboxylic acids is 1. The van der Waals surface area contributed by atoms with Gasteiger partial charge in [0.2, 0.25) is 0 Å². The van der Waals surface area contributed by atoms with Crippen molar-refractivity contribution in [3.8, 4) is 0 Å². The Labute approximate surface area is 121 Å². The molecule has 0 saturated carbocycles. The first kappa shape index (κ1) is 16.8. The van der Waals surface area contributed by atoms with Gasteiger partial charge in [-0.1, -0.05) is 27.2 Å². The molecule has 1 unspecified atom stereocenters. The molecule has 116 valence electrons. The van der Waals surface area contributed by atoms with Crippen LogP contribution in [0.15, 0.2) is 0 Å². The number of hydrogen-bond donors (Lipinski definition) is 2. The van der Waals surface area contributed by atoms with E-state index in [1.54, 1.807) is 0 Å². The molecule has 1 heterocycles. The summed E-state index contributed by atoms with van der Waals surface area (Å²) in [6, 6.07) is -0.731. The van der Waals surface area contributed by atoms with Crippen molar-refractivity contribution < 1.29 is 14.7 Å². The maximum Gasteiger partial charge on any atom is 0.326 e. The molecule has 2 N–H and O–H groups in total. The lowest BCUT2D eigenvalue weighted by Gasteiger charge is -2.36. The highest BCUT2D eigenvalue weighted by molar-refractivity contribution is 5.82. The highest BCUT2D eigenvalue weighted by Crippen LogP contribution is 2.21. The zero-order chi connectivity index (χ0) is 15.1. The van der Waals surface area contributed by atoms with Crippen LogP contribution in [0.5, 0.6) is 0 Å². The molecule has 0 bridgehead atoms. The Hall–Kier alpha value is -1.26. The Kier molecular flexibility index (Phi) is 6.82. The molecule has 1 saturated heterocycles. The third kappa shape index (κ3) is 5.02. The number of amides is 2. The van der Waals surface area contributed by atoms with E-state index in [9.17, 15) is 14.7 Å². The third-order valence-corrected chi connectivity index (χ3v) is 3.81. The van der Waals surface area contributed by atoms with Gasteiger partial charge in [0.15, 0.2) is 0 Å². The first-order valence-corrected chi connectivity index (χ1v) is 7.75. The lowest BCUT2D eigenvalue weighted by Crippen LogP contribution is -2.53. The Balaban J connectivity index is 2.63. The van der Waals surface area contributed by atoms with Crippen LogP contribution in [0.2, 0.25) is 0 Å². The first-order valence-electron chi connectivity index (χ1n) is 7.75. The summed E-state index contributed by atoms with van der Waals surface area (Å²) < 4.78 is 0. The number of nitrogens with one attached hydrogen (secondary N) is 1. The van der Waals surface area contributed by atoms with E-state index in [1.165, 1.54) is 0 Å². The van der Waals surface area contributed by atoms with Crippen molar-refractivity contribution in [3.05, 3.63) is 0 Å². The van der Waals surface area contributed by atoms with Crippen LogP contribution < -0.4 is 5.32 Å². The molecule has 2 atom stereocenters. The Morgan fingerprint density at radius 2 is 2.05 bits per heavy atom. The Morgan fingerprint density at radius 3 is 2.60 bits per heavy atom. The molecule has 20 heavy (non-hydrogen) atoms. The zero-order valence-corrected chi connectivity index (χ0v) is 12.9. The number of rotatable bonds is 6. The van der Waals surface area contributed by atoms with Crippen LogP contribution in [0, 0.1) is 5.92 Å². The maximum atomic E-state index is 12.3. The van der Waals surface area contributed by atoms with Gasteiger partial charge in [0, 0.05) is 12.6 Å². The second kappa shape index (κ2) is 8.12. The fourth-order valence-corrected chi connectivity index (χ4v) is 2.83. The summed E-state index contributed by atoms with van der Waals surface area (Å²) in [4.78, 5) is 25.4. The molecular weight excluding hydrogens is 256 g/mol. The molecular formula is C15H28N2O3. The smallest absolute Gasteiger partial charge is 0.326 e. The van der Waals surface area contributed by atoms with Gasteiger partial charge >= 0.3 is 12.0 Å². The van der Waals surface area contributed by atoms with Crippen LogP contribution in [0.3, 0.4) is 0 Å². The summed E-state index contributed by atoms with van der Waals surface area (Å²) >= 11 is 0. The molecule has 0 aromatic heterocycles. The zero-order valence-electron chi connectivity index (χ0n) is 12.9. The summed E-state index contributed by atoms with van der Waals surface area (Å²) in [6.07, 6.45) is 5.70. The van der Waals surface area contributed by atoms with Crippen molar-refractivity contribution in [1.82, 2.24) is 10.2 Å². The molecule has 1 rings (SSSR count). The van der Waals surface area contributed by atoms with E-state index in [0.717, 1.165) is 38.6 Å².